The Labute approximate surface area is 155 Å². The van der Waals surface area contributed by atoms with Crippen molar-refractivity contribution in [1.82, 2.24) is 0 Å². The molecule has 2 aromatic rings. The minimum atomic E-state index is -3.98. The Balaban J connectivity index is 1.92. The maximum atomic E-state index is 12.8. The van der Waals surface area contributed by atoms with Gasteiger partial charge in [0.05, 0.1) is 0 Å². The van der Waals surface area contributed by atoms with E-state index in [4.69, 9.17) is 11.6 Å². The van der Waals surface area contributed by atoms with E-state index in [1.807, 2.05) is 0 Å². The van der Waals surface area contributed by atoms with Crippen LogP contribution in [-0.4, -0.2) is 31.7 Å². The number of halogens is 2. The van der Waals surface area contributed by atoms with Crippen LogP contribution >= 0.6 is 11.6 Å². The van der Waals surface area contributed by atoms with Gasteiger partial charge in [-0.2, -0.15) is 0 Å². The third-order valence-corrected chi connectivity index (χ3v) is 5.10. The number of hydrogen-bond acceptors (Lipinski definition) is 4. The number of carbonyl (C=O) groups excluding carboxylic acids is 2. The summed E-state index contributed by atoms with van der Waals surface area (Å²) in [6.07, 6.45) is 0. The number of rotatable bonds is 6. The van der Waals surface area contributed by atoms with Crippen molar-refractivity contribution in [1.29, 1.82) is 0 Å². The van der Waals surface area contributed by atoms with Gasteiger partial charge < -0.3 is 10.6 Å². The molecule has 0 atom stereocenters. The summed E-state index contributed by atoms with van der Waals surface area (Å²) in [7, 11) is -3.98. The fraction of sp³-hybridized carbons (Fsp3) is 0.176. The molecule has 0 aliphatic heterocycles. The average molecular weight is 399 g/mol. The van der Waals surface area contributed by atoms with Gasteiger partial charge in [0.1, 0.15) is 17.3 Å². The summed E-state index contributed by atoms with van der Waals surface area (Å²) < 4.78 is 36.8. The molecule has 2 aromatic carbocycles. The molecule has 0 unspecified atom stereocenters. The van der Waals surface area contributed by atoms with Crippen LogP contribution in [-0.2, 0) is 19.4 Å². The lowest BCUT2D eigenvalue weighted by atomic mass is 10.2. The molecule has 0 fully saturated rings. The molecule has 2 rings (SSSR count). The zero-order valence-electron chi connectivity index (χ0n) is 13.8. The standard InChI is InChI=1S/C17H16ClFN2O4S/c1-11-2-5-14(8-15(11)18)21-17(23)10-26(24,25)9-16(22)20-13-6-3-12(19)4-7-13/h2-8H,9-10H2,1H3,(H,20,22)(H,21,23). The van der Waals surface area contributed by atoms with E-state index in [-0.39, 0.29) is 5.69 Å². The lowest BCUT2D eigenvalue weighted by molar-refractivity contribution is -0.114. The molecule has 0 radical (unpaired) electrons. The van der Waals surface area contributed by atoms with Crippen LogP contribution in [0.5, 0.6) is 0 Å². The van der Waals surface area contributed by atoms with Crippen LogP contribution in [0, 0.1) is 12.7 Å². The maximum Gasteiger partial charge on any atom is 0.239 e. The van der Waals surface area contributed by atoms with Gasteiger partial charge in [0.2, 0.25) is 11.8 Å². The zero-order valence-corrected chi connectivity index (χ0v) is 15.3. The molecule has 9 heteroatoms. The normalized spacial score (nSPS) is 11.0. The zero-order chi connectivity index (χ0) is 19.3. The topological polar surface area (TPSA) is 92.3 Å². The van der Waals surface area contributed by atoms with E-state index in [0.717, 1.165) is 17.7 Å². The monoisotopic (exact) mass is 398 g/mol. The first-order valence-electron chi connectivity index (χ1n) is 7.46. The fourth-order valence-corrected chi connectivity index (χ4v) is 3.27. The van der Waals surface area contributed by atoms with Crippen molar-refractivity contribution in [2.45, 2.75) is 6.92 Å². The highest BCUT2D eigenvalue weighted by Crippen LogP contribution is 2.20. The summed E-state index contributed by atoms with van der Waals surface area (Å²) in [5.74, 6) is -3.80. The Morgan fingerprint density at radius 3 is 2.00 bits per heavy atom. The average Bonchev–Trinajstić information content (AvgIpc) is 2.52. The van der Waals surface area contributed by atoms with Crippen molar-refractivity contribution in [2.75, 3.05) is 22.1 Å². The maximum absolute atomic E-state index is 12.8. The minimum Gasteiger partial charge on any atom is -0.325 e. The number of amides is 2. The van der Waals surface area contributed by atoms with E-state index in [0.29, 0.717) is 10.7 Å². The summed E-state index contributed by atoms with van der Waals surface area (Å²) in [6, 6.07) is 9.63. The van der Waals surface area contributed by atoms with Crippen molar-refractivity contribution in [3.63, 3.8) is 0 Å². The number of nitrogens with one attached hydrogen (secondary N) is 2. The molecule has 0 spiro atoms. The first-order chi connectivity index (χ1) is 12.1. The van der Waals surface area contributed by atoms with Gasteiger partial charge in [-0.25, -0.2) is 12.8 Å². The van der Waals surface area contributed by atoms with Gasteiger partial charge >= 0.3 is 0 Å². The third-order valence-electron chi connectivity index (χ3n) is 3.29. The molecular formula is C17H16ClFN2O4S. The van der Waals surface area contributed by atoms with E-state index in [9.17, 15) is 22.4 Å². The van der Waals surface area contributed by atoms with Crippen molar-refractivity contribution in [2.24, 2.45) is 0 Å². The molecule has 26 heavy (non-hydrogen) atoms. The van der Waals surface area contributed by atoms with Crippen LogP contribution in [0.15, 0.2) is 42.5 Å². The Morgan fingerprint density at radius 1 is 0.962 bits per heavy atom. The summed E-state index contributed by atoms with van der Waals surface area (Å²) >= 11 is 5.94. The largest absolute Gasteiger partial charge is 0.325 e. The summed E-state index contributed by atoms with van der Waals surface area (Å²) in [6.45, 7) is 1.79. The van der Waals surface area contributed by atoms with E-state index >= 15 is 0 Å². The van der Waals surface area contributed by atoms with Crippen LogP contribution in [0.25, 0.3) is 0 Å². The highest BCUT2D eigenvalue weighted by atomic mass is 35.5. The number of carbonyl (C=O) groups is 2. The predicted molar refractivity (Wildman–Crippen MR) is 98.5 cm³/mol. The minimum absolute atomic E-state index is 0.255. The molecule has 2 N–H and O–H groups in total. The van der Waals surface area contributed by atoms with Gasteiger partial charge in [0.15, 0.2) is 9.84 Å². The molecule has 0 saturated carbocycles. The Hall–Kier alpha value is -2.45. The lowest BCUT2D eigenvalue weighted by Gasteiger charge is -2.08. The van der Waals surface area contributed by atoms with E-state index in [1.54, 1.807) is 19.1 Å². The highest BCUT2D eigenvalue weighted by Gasteiger charge is 2.21. The van der Waals surface area contributed by atoms with E-state index in [1.165, 1.54) is 18.2 Å². The highest BCUT2D eigenvalue weighted by molar-refractivity contribution is 7.92. The predicted octanol–water partition coefficient (Wildman–Crippen LogP) is 2.78. The van der Waals surface area contributed by atoms with Crippen molar-refractivity contribution < 1.29 is 22.4 Å². The summed E-state index contributed by atoms with van der Waals surface area (Å²) in [5.41, 5.74) is 1.43. The molecule has 6 nitrogen and oxygen atoms in total. The van der Waals surface area contributed by atoms with E-state index < -0.39 is 39.0 Å². The van der Waals surface area contributed by atoms with Crippen molar-refractivity contribution >= 4 is 44.6 Å². The van der Waals surface area contributed by atoms with Crippen LogP contribution in [0.3, 0.4) is 0 Å². The van der Waals surface area contributed by atoms with Crippen LogP contribution in [0.2, 0.25) is 5.02 Å². The molecular weight excluding hydrogens is 383 g/mol. The number of anilines is 2. The molecule has 0 heterocycles. The molecule has 138 valence electrons. The Bertz CT molecular complexity index is 930. The molecule has 0 aliphatic rings. The molecule has 0 bridgehead atoms. The van der Waals surface area contributed by atoms with Crippen LogP contribution < -0.4 is 10.6 Å². The van der Waals surface area contributed by atoms with Gasteiger partial charge in [-0.15, -0.1) is 0 Å². The summed E-state index contributed by atoms with van der Waals surface area (Å²) in [5, 5.41) is 5.18. The second-order valence-corrected chi connectivity index (χ2v) is 8.07. The molecule has 0 aromatic heterocycles. The first kappa shape index (κ1) is 19.9. The SMILES string of the molecule is Cc1ccc(NC(=O)CS(=O)(=O)CC(=O)Nc2ccc(F)cc2)cc1Cl. The number of benzene rings is 2. The van der Waals surface area contributed by atoms with Gasteiger partial charge in [0, 0.05) is 16.4 Å². The fourth-order valence-electron chi connectivity index (χ4n) is 2.05. The van der Waals surface area contributed by atoms with Gasteiger partial charge in [0.25, 0.3) is 0 Å². The molecule has 0 saturated heterocycles. The second-order valence-electron chi connectivity index (χ2n) is 5.60. The van der Waals surface area contributed by atoms with E-state index in [2.05, 4.69) is 10.6 Å². The first-order valence-corrected chi connectivity index (χ1v) is 9.66. The third kappa shape index (κ3) is 6.12. The Morgan fingerprint density at radius 2 is 1.46 bits per heavy atom. The van der Waals surface area contributed by atoms with Crippen LogP contribution in [0.1, 0.15) is 5.56 Å². The lowest BCUT2D eigenvalue weighted by Crippen LogP contribution is -2.30. The van der Waals surface area contributed by atoms with Gasteiger partial charge in [-0.05, 0) is 48.9 Å². The Kier molecular flexibility index (Phi) is 6.33. The summed E-state index contributed by atoms with van der Waals surface area (Å²) in [4.78, 5) is 23.7. The van der Waals surface area contributed by atoms with Crippen molar-refractivity contribution in [3.8, 4) is 0 Å². The van der Waals surface area contributed by atoms with Gasteiger partial charge in [-0.1, -0.05) is 17.7 Å². The van der Waals surface area contributed by atoms with Gasteiger partial charge in [-0.3, -0.25) is 9.59 Å². The molecule has 0 aliphatic carbocycles. The quantitative estimate of drug-likeness (QED) is 0.782. The van der Waals surface area contributed by atoms with Crippen molar-refractivity contribution in [3.05, 3.63) is 58.9 Å². The number of hydrogen-bond donors (Lipinski definition) is 2. The second kappa shape index (κ2) is 8.29. The van der Waals surface area contributed by atoms with Crippen LogP contribution in [0.4, 0.5) is 15.8 Å². The number of sulfone groups is 1. The molecule has 2 amide bonds. The number of aryl methyl sites for hydroxylation is 1. The smallest absolute Gasteiger partial charge is 0.239 e.